The topological polar surface area (TPSA) is 85.8 Å². The molecule has 4 N–H and O–H groups in total. The van der Waals surface area contributed by atoms with E-state index in [1.165, 1.54) is 32.1 Å². The number of anilines is 1. The van der Waals surface area contributed by atoms with Crippen LogP contribution in [0.2, 0.25) is 0 Å². The lowest BCUT2D eigenvalue weighted by atomic mass is 9.72. The third-order valence-electron chi connectivity index (χ3n) is 5.64. The number of aliphatic hydroxyl groups is 1. The average Bonchev–Trinajstić information content (AvgIpc) is 2.71. The molecule has 0 aliphatic heterocycles. The summed E-state index contributed by atoms with van der Waals surface area (Å²) in [4.78, 5) is 16.6. The first-order chi connectivity index (χ1) is 14.1. The van der Waals surface area contributed by atoms with Gasteiger partial charge in [0, 0.05) is 31.8 Å². The molecule has 1 fully saturated rings. The molecule has 0 atom stereocenters. The molecule has 0 heterocycles. The Hall–Kier alpha value is -1.35. The Balaban J connectivity index is 0.00000450. The van der Waals surface area contributed by atoms with Crippen molar-refractivity contribution < 1.29 is 9.90 Å². The van der Waals surface area contributed by atoms with Gasteiger partial charge in [-0.2, -0.15) is 0 Å². The summed E-state index contributed by atoms with van der Waals surface area (Å²) in [6.07, 6.45) is 8.33. The largest absolute Gasteiger partial charge is 0.396 e. The smallest absolute Gasteiger partial charge is 0.224 e. The second-order valence-corrected chi connectivity index (χ2v) is 8.08. The van der Waals surface area contributed by atoms with Crippen molar-refractivity contribution in [3.05, 3.63) is 29.8 Å². The van der Waals surface area contributed by atoms with E-state index in [2.05, 4.69) is 22.9 Å². The van der Waals surface area contributed by atoms with Crippen LogP contribution in [0.25, 0.3) is 0 Å². The number of aliphatic hydroxyl groups excluding tert-OH is 1. The SMILES string of the molecule is CCCC(=O)Nc1cccc(CN=C(NCC)NCC2(CCO)CCCCC2)c1.I. The van der Waals surface area contributed by atoms with E-state index in [0.29, 0.717) is 13.0 Å². The molecule has 0 saturated heterocycles. The summed E-state index contributed by atoms with van der Waals surface area (Å²) in [5.74, 6) is 0.848. The van der Waals surface area contributed by atoms with Gasteiger partial charge >= 0.3 is 0 Å². The average molecular weight is 530 g/mol. The van der Waals surface area contributed by atoms with Crippen molar-refractivity contribution >= 4 is 41.5 Å². The van der Waals surface area contributed by atoms with Crippen LogP contribution in [0.15, 0.2) is 29.3 Å². The number of amides is 1. The van der Waals surface area contributed by atoms with Crippen molar-refractivity contribution in [2.45, 2.75) is 71.8 Å². The van der Waals surface area contributed by atoms with E-state index in [4.69, 9.17) is 4.99 Å². The van der Waals surface area contributed by atoms with Gasteiger partial charge in [0.15, 0.2) is 5.96 Å². The van der Waals surface area contributed by atoms with Gasteiger partial charge in [0.2, 0.25) is 5.91 Å². The highest BCUT2D eigenvalue weighted by molar-refractivity contribution is 14.0. The Morgan fingerprint density at radius 2 is 1.93 bits per heavy atom. The lowest BCUT2D eigenvalue weighted by Gasteiger charge is -2.37. The number of guanidine groups is 1. The molecule has 1 amide bonds. The lowest BCUT2D eigenvalue weighted by Crippen LogP contribution is -2.44. The Labute approximate surface area is 198 Å². The molecule has 0 spiro atoms. The van der Waals surface area contributed by atoms with Crippen molar-refractivity contribution in [1.29, 1.82) is 0 Å². The van der Waals surface area contributed by atoms with Gasteiger partial charge in [0.1, 0.15) is 0 Å². The van der Waals surface area contributed by atoms with Crippen molar-refractivity contribution in [2.24, 2.45) is 10.4 Å². The monoisotopic (exact) mass is 530 g/mol. The minimum Gasteiger partial charge on any atom is -0.396 e. The molecular formula is C23H39IN4O2. The van der Waals surface area contributed by atoms with Gasteiger partial charge in [-0.25, -0.2) is 4.99 Å². The van der Waals surface area contributed by atoms with Crippen molar-refractivity contribution in [3.63, 3.8) is 0 Å². The van der Waals surface area contributed by atoms with Crippen LogP contribution in [0.4, 0.5) is 5.69 Å². The van der Waals surface area contributed by atoms with Crippen LogP contribution in [-0.2, 0) is 11.3 Å². The van der Waals surface area contributed by atoms with Gasteiger partial charge < -0.3 is 21.1 Å². The molecular weight excluding hydrogens is 491 g/mol. The van der Waals surface area contributed by atoms with Gasteiger partial charge in [0.25, 0.3) is 0 Å². The summed E-state index contributed by atoms with van der Waals surface area (Å²) in [5.41, 5.74) is 2.05. The van der Waals surface area contributed by atoms with Crippen molar-refractivity contribution in [1.82, 2.24) is 10.6 Å². The second-order valence-electron chi connectivity index (χ2n) is 8.08. The number of aliphatic imine (C=N–C) groups is 1. The zero-order chi connectivity index (χ0) is 21.0. The predicted octanol–water partition coefficient (Wildman–Crippen LogP) is 4.43. The molecule has 0 radical (unpaired) electrons. The van der Waals surface area contributed by atoms with E-state index >= 15 is 0 Å². The molecule has 1 aromatic rings. The first-order valence-corrected chi connectivity index (χ1v) is 11.1. The Kier molecular flexibility index (Phi) is 13.0. The highest BCUT2D eigenvalue weighted by atomic mass is 127. The number of nitrogens with zero attached hydrogens (tertiary/aromatic N) is 1. The summed E-state index contributed by atoms with van der Waals surface area (Å²) >= 11 is 0. The Bertz CT molecular complexity index is 655. The minimum atomic E-state index is 0. The highest BCUT2D eigenvalue weighted by Crippen LogP contribution is 2.38. The number of benzene rings is 1. The predicted molar refractivity (Wildman–Crippen MR) is 135 cm³/mol. The van der Waals surface area contributed by atoms with Gasteiger partial charge in [0.05, 0.1) is 6.54 Å². The Morgan fingerprint density at radius 1 is 1.17 bits per heavy atom. The molecule has 1 aromatic carbocycles. The molecule has 1 saturated carbocycles. The van der Waals surface area contributed by atoms with Crippen molar-refractivity contribution in [2.75, 3.05) is 25.0 Å². The summed E-state index contributed by atoms with van der Waals surface area (Å²) in [6, 6.07) is 7.86. The molecule has 6 nitrogen and oxygen atoms in total. The molecule has 0 unspecified atom stereocenters. The van der Waals surface area contributed by atoms with Crippen LogP contribution in [0.3, 0.4) is 0 Å². The number of carbonyl (C=O) groups excluding carboxylic acids is 1. The molecule has 7 heteroatoms. The number of hydrogen-bond donors (Lipinski definition) is 4. The summed E-state index contributed by atoms with van der Waals surface area (Å²) in [7, 11) is 0. The maximum absolute atomic E-state index is 11.8. The first kappa shape index (κ1) is 26.7. The normalized spacial score (nSPS) is 15.8. The zero-order valence-corrected chi connectivity index (χ0v) is 20.8. The standard InChI is InChI=1S/C23H38N4O2.HI/c1-3-9-21(29)27-20-11-8-10-19(16-20)17-25-22(24-4-2)26-18-23(14-15-28)12-6-5-7-13-23;/h8,10-11,16,28H,3-7,9,12-15,17-18H2,1-2H3,(H,27,29)(H2,24,25,26);1H. The molecule has 0 bridgehead atoms. The van der Waals surface area contributed by atoms with Crippen LogP contribution in [-0.4, -0.2) is 36.7 Å². The molecule has 30 heavy (non-hydrogen) atoms. The van der Waals surface area contributed by atoms with E-state index in [1.807, 2.05) is 31.2 Å². The third kappa shape index (κ3) is 9.20. The van der Waals surface area contributed by atoms with E-state index in [9.17, 15) is 9.90 Å². The third-order valence-corrected chi connectivity index (χ3v) is 5.64. The molecule has 0 aromatic heterocycles. The van der Waals surface area contributed by atoms with E-state index < -0.39 is 0 Å². The van der Waals surface area contributed by atoms with Crippen LogP contribution >= 0.6 is 24.0 Å². The maximum Gasteiger partial charge on any atom is 0.224 e. The van der Waals surface area contributed by atoms with Crippen molar-refractivity contribution in [3.8, 4) is 0 Å². The van der Waals surface area contributed by atoms with Crippen LogP contribution < -0.4 is 16.0 Å². The van der Waals surface area contributed by atoms with Crippen LogP contribution in [0.1, 0.15) is 70.8 Å². The van der Waals surface area contributed by atoms with Gasteiger partial charge in [-0.1, -0.05) is 38.3 Å². The summed E-state index contributed by atoms with van der Waals surface area (Å²) in [6.45, 7) is 6.48. The van der Waals surface area contributed by atoms with Crippen LogP contribution in [0, 0.1) is 5.41 Å². The number of hydrogen-bond acceptors (Lipinski definition) is 3. The molecule has 170 valence electrons. The molecule has 1 aliphatic carbocycles. The Morgan fingerprint density at radius 3 is 2.60 bits per heavy atom. The minimum absolute atomic E-state index is 0. The van der Waals surface area contributed by atoms with Crippen LogP contribution in [0.5, 0.6) is 0 Å². The molecule has 2 rings (SSSR count). The summed E-state index contributed by atoms with van der Waals surface area (Å²) in [5, 5.41) is 19.3. The fourth-order valence-corrected chi connectivity index (χ4v) is 4.04. The van der Waals surface area contributed by atoms with E-state index in [0.717, 1.165) is 43.1 Å². The number of rotatable bonds is 10. The number of halogens is 1. The fraction of sp³-hybridized carbons (Fsp3) is 0.652. The zero-order valence-electron chi connectivity index (χ0n) is 18.5. The highest BCUT2D eigenvalue weighted by Gasteiger charge is 2.31. The lowest BCUT2D eigenvalue weighted by molar-refractivity contribution is -0.116. The van der Waals surface area contributed by atoms with Gasteiger partial charge in [-0.15, -0.1) is 24.0 Å². The molecule has 1 aliphatic rings. The van der Waals surface area contributed by atoms with E-state index in [1.54, 1.807) is 0 Å². The fourth-order valence-electron chi connectivity index (χ4n) is 4.04. The van der Waals surface area contributed by atoms with Gasteiger partial charge in [-0.3, -0.25) is 4.79 Å². The second kappa shape index (κ2) is 14.6. The summed E-state index contributed by atoms with van der Waals surface area (Å²) < 4.78 is 0. The number of carbonyl (C=O) groups is 1. The first-order valence-electron chi connectivity index (χ1n) is 11.1. The van der Waals surface area contributed by atoms with Gasteiger partial charge in [-0.05, 0) is 55.7 Å². The number of nitrogens with one attached hydrogen (secondary N) is 3. The quantitative estimate of drug-likeness (QED) is 0.205. The van der Waals surface area contributed by atoms with E-state index in [-0.39, 0.29) is 41.9 Å². The maximum atomic E-state index is 11.8.